The Morgan fingerprint density at radius 2 is 1.69 bits per heavy atom. The highest BCUT2D eigenvalue weighted by molar-refractivity contribution is 7.92. The highest BCUT2D eigenvalue weighted by atomic mass is 35.5. The summed E-state index contributed by atoms with van der Waals surface area (Å²) in [6.45, 7) is 4.43. The van der Waals surface area contributed by atoms with Gasteiger partial charge in [0, 0.05) is 5.02 Å². The first-order valence-corrected chi connectivity index (χ1v) is 16.0. The molecule has 0 aliphatic carbocycles. The lowest BCUT2D eigenvalue weighted by molar-refractivity contribution is -0.141. The fourth-order valence-corrected chi connectivity index (χ4v) is 7.10. The Hall–Kier alpha value is -3.60. The van der Waals surface area contributed by atoms with Gasteiger partial charge < -0.3 is 24.1 Å². The average Bonchev–Trinajstić information content (AvgIpc) is 3.39. The van der Waals surface area contributed by atoms with Gasteiger partial charge >= 0.3 is 17.9 Å². The number of nitrogens with one attached hydrogen (secondary N) is 1. The zero-order valence-electron chi connectivity index (χ0n) is 22.8. The number of nitrogens with zero attached hydrogens (tertiary/aromatic N) is 2. The molecular formula is C25H26ClN3O10S3. The molecule has 0 atom stereocenters. The van der Waals surface area contributed by atoms with Gasteiger partial charge in [0.25, 0.3) is 5.91 Å². The lowest BCUT2D eigenvalue weighted by Gasteiger charge is -2.07. The zero-order chi connectivity index (χ0) is 31.2. The number of carbonyl (C=O) groups excluding carboxylic acids is 5. The van der Waals surface area contributed by atoms with Crippen molar-refractivity contribution in [3.05, 3.63) is 44.0 Å². The monoisotopic (exact) mass is 659 g/mol. The van der Waals surface area contributed by atoms with Crippen LogP contribution in [0.2, 0.25) is 5.02 Å². The van der Waals surface area contributed by atoms with E-state index in [1.54, 1.807) is 32.0 Å². The molecular weight excluding hydrogens is 634 g/mol. The van der Waals surface area contributed by atoms with Crippen LogP contribution in [0.1, 0.15) is 39.4 Å². The number of thiophene rings is 1. The zero-order valence-corrected chi connectivity index (χ0v) is 26.1. The number of amides is 2. The summed E-state index contributed by atoms with van der Waals surface area (Å²) in [5.74, 6) is -6.54. The van der Waals surface area contributed by atoms with E-state index in [1.807, 2.05) is 0 Å². The van der Waals surface area contributed by atoms with Crippen molar-refractivity contribution >= 4 is 89.1 Å². The van der Waals surface area contributed by atoms with Gasteiger partial charge in [-0.2, -0.15) is 4.99 Å². The lowest BCUT2D eigenvalue weighted by atomic mass is 10.1. The molecule has 0 aliphatic heterocycles. The van der Waals surface area contributed by atoms with Crippen LogP contribution in [0.4, 0.5) is 5.00 Å². The normalized spacial score (nSPS) is 11.8. The Morgan fingerprint density at radius 1 is 1.02 bits per heavy atom. The second-order valence-corrected chi connectivity index (χ2v) is 13.0. The fraction of sp³-hybridized carbons (Fsp3) is 0.360. The molecule has 3 aromatic rings. The summed E-state index contributed by atoms with van der Waals surface area (Å²) >= 11 is 7.78. The number of methoxy groups -OCH3 is 1. The summed E-state index contributed by atoms with van der Waals surface area (Å²) in [5, 5.41) is 2.64. The van der Waals surface area contributed by atoms with Crippen molar-refractivity contribution in [2.75, 3.05) is 37.1 Å². The third kappa shape index (κ3) is 8.02. The average molecular weight is 660 g/mol. The van der Waals surface area contributed by atoms with Gasteiger partial charge in [0.1, 0.15) is 27.9 Å². The molecule has 2 amide bonds. The van der Waals surface area contributed by atoms with Crippen LogP contribution in [-0.2, 0) is 45.0 Å². The number of esters is 3. The van der Waals surface area contributed by atoms with E-state index in [0.717, 1.165) is 22.7 Å². The number of thiazole rings is 1. The Labute approximate surface area is 253 Å². The van der Waals surface area contributed by atoms with Crippen LogP contribution in [0.15, 0.2) is 23.2 Å². The Bertz CT molecular complexity index is 1740. The van der Waals surface area contributed by atoms with E-state index in [2.05, 4.69) is 10.3 Å². The maximum atomic E-state index is 12.7. The van der Waals surface area contributed by atoms with Crippen LogP contribution in [0.25, 0.3) is 10.2 Å². The second kappa shape index (κ2) is 14.0. The van der Waals surface area contributed by atoms with Gasteiger partial charge in [-0.1, -0.05) is 22.9 Å². The number of anilines is 1. The molecule has 2 aromatic heterocycles. The van der Waals surface area contributed by atoms with Crippen molar-refractivity contribution in [3.8, 4) is 0 Å². The van der Waals surface area contributed by atoms with Gasteiger partial charge in [0.2, 0.25) is 5.91 Å². The van der Waals surface area contributed by atoms with Crippen LogP contribution in [-0.4, -0.2) is 74.5 Å². The Kier molecular flexibility index (Phi) is 11.0. The number of ether oxygens (including phenoxy) is 3. The van der Waals surface area contributed by atoms with Crippen LogP contribution in [0, 0.1) is 6.92 Å². The quantitative estimate of drug-likeness (QED) is 0.238. The van der Waals surface area contributed by atoms with E-state index >= 15 is 0 Å². The third-order valence-electron chi connectivity index (χ3n) is 5.41. The summed E-state index contributed by atoms with van der Waals surface area (Å²) in [5.41, 5.74) is 0.616. The van der Waals surface area contributed by atoms with Crippen LogP contribution in [0.3, 0.4) is 0 Å². The van der Waals surface area contributed by atoms with Crippen molar-refractivity contribution in [1.82, 2.24) is 4.57 Å². The predicted molar refractivity (Wildman–Crippen MR) is 156 cm³/mol. The maximum Gasteiger partial charge on any atom is 0.348 e. The van der Waals surface area contributed by atoms with Crippen LogP contribution < -0.4 is 10.1 Å². The second-order valence-electron chi connectivity index (χ2n) is 8.45. The van der Waals surface area contributed by atoms with E-state index < -0.39 is 51.1 Å². The number of hydrogen-bond donors (Lipinski definition) is 1. The third-order valence-corrected chi connectivity index (χ3v) is 9.27. The molecule has 1 N–H and O–H groups in total. The first-order valence-electron chi connectivity index (χ1n) is 12.2. The molecule has 17 heteroatoms. The first-order chi connectivity index (χ1) is 19.8. The molecule has 0 aliphatic rings. The maximum absolute atomic E-state index is 12.7. The number of halogens is 1. The largest absolute Gasteiger partial charge is 0.468 e. The highest BCUT2D eigenvalue weighted by Crippen LogP contribution is 2.34. The van der Waals surface area contributed by atoms with E-state index in [4.69, 9.17) is 25.8 Å². The number of aromatic nitrogens is 1. The van der Waals surface area contributed by atoms with Crippen molar-refractivity contribution in [2.45, 2.75) is 27.3 Å². The molecule has 2 heterocycles. The summed E-state index contributed by atoms with van der Waals surface area (Å²) in [6, 6.07) is 4.80. The van der Waals surface area contributed by atoms with E-state index in [0.29, 0.717) is 15.2 Å². The van der Waals surface area contributed by atoms with Gasteiger partial charge in [0.15, 0.2) is 14.6 Å². The number of fused-ring (bicyclic) bond motifs is 1. The van der Waals surface area contributed by atoms with Gasteiger partial charge in [0.05, 0.1) is 36.1 Å². The molecule has 226 valence electrons. The molecule has 0 saturated heterocycles. The summed E-state index contributed by atoms with van der Waals surface area (Å²) in [6.07, 6.45) is 0. The molecule has 0 spiro atoms. The van der Waals surface area contributed by atoms with E-state index in [-0.39, 0.29) is 45.6 Å². The van der Waals surface area contributed by atoms with Gasteiger partial charge in [-0.05, 0) is 44.5 Å². The Balaban J connectivity index is 1.84. The SMILES string of the molecule is CCOC(=O)c1sc(NC(=O)CS(=O)(=O)CC(=O)N=c2sc3cc(Cl)ccc3n2CC(=O)OC)c(C(=O)OCC)c1C. The minimum atomic E-state index is -4.35. The highest BCUT2D eigenvalue weighted by Gasteiger charge is 2.29. The summed E-state index contributed by atoms with van der Waals surface area (Å²) in [4.78, 5) is 66.1. The number of carbonyl (C=O) groups is 5. The molecule has 3 rings (SSSR count). The minimum Gasteiger partial charge on any atom is -0.468 e. The Morgan fingerprint density at radius 3 is 2.33 bits per heavy atom. The number of sulfone groups is 1. The standard InChI is InChI=1S/C25H26ClN3O10S3/c1-5-38-23(33)20-13(3)21(24(34)39-6-2)41-22(20)27-17(30)11-42(35,36)12-18(31)28-25-29(10-19(32)37-4)15-8-7-14(26)9-16(15)40-25/h7-9H,5-6,10-12H2,1-4H3,(H,27,30). The van der Waals surface area contributed by atoms with E-state index in [9.17, 15) is 32.4 Å². The van der Waals surface area contributed by atoms with Crippen molar-refractivity contribution in [1.29, 1.82) is 0 Å². The van der Waals surface area contributed by atoms with Crippen LogP contribution >= 0.6 is 34.3 Å². The van der Waals surface area contributed by atoms with Crippen molar-refractivity contribution in [3.63, 3.8) is 0 Å². The van der Waals surface area contributed by atoms with Gasteiger partial charge in [-0.15, -0.1) is 11.3 Å². The van der Waals surface area contributed by atoms with Crippen molar-refractivity contribution in [2.24, 2.45) is 4.99 Å². The molecule has 13 nitrogen and oxygen atoms in total. The molecule has 0 saturated carbocycles. The number of benzene rings is 1. The summed E-state index contributed by atoms with van der Waals surface area (Å²) in [7, 11) is -3.15. The topological polar surface area (TPSA) is 176 Å². The van der Waals surface area contributed by atoms with Gasteiger partial charge in [-0.25, -0.2) is 18.0 Å². The smallest absolute Gasteiger partial charge is 0.348 e. The molecule has 0 bridgehead atoms. The molecule has 1 aromatic carbocycles. The van der Waals surface area contributed by atoms with Crippen molar-refractivity contribution < 1.29 is 46.6 Å². The van der Waals surface area contributed by atoms with E-state index in [1.165, 1.54) is 18.6 Å². The molecule has 0 unspecified atom stereocenters. The number of rotatable bonds is 11. The minimum absolute atomic E-state index is 0.0166. The first kappa shape index (κ1) is 32.9. The number of hydrogen-bond acceptors (Lipinski definition) is 12. The predicted octanol–water partition coefficient (Wildman–Crippen LogP) is 2.73. The molecule has 0 fully saturated rings. The summed E-state index contributed by atoms with van der Waals surface area (Å²) < 4.78 is 42.2. The fourth-order valence-electron chi connectivity index (χ4n) is 3.66. The lowest BCUT2D eigenvalue weighted by Crippen LogP contribution is -2.29. The molecule has 0 radical (unpaired) electrons. The molecule has 42 heavy (non-hydrogen) atoms. The van der Waals surface area contributed by atoms with Crippen LogP contribution in [0.5, 0.6) is 0 Å². The van der Waals surface area contributed by atoms with Gasteiger partial charge in [-0.3, -0.25) is 14.4 Å².